The van der Waals surface area contributed by atoms with E-state index in [-0.39, 0.29) is 19.8 Å². The van der Waals surface area contributed by atoms with E-state index in [0.29, 0.717) is 30.3 Å². The molecule has 1 aromatic carbocycles. The molecular formula is C20H30O7. The zero-order valence-electron chi connectivity index (χ0n) is 15.9. The highest BCUT2D eigenvalue weighted by molar-refractivity contribution is 5.93. The summed E-state index contributed by atoms with van der Waals surface area (Å²) >= 11 is 0. The zero-order chi connectivity index (χ0) is 19.9. The summed E-state index contributed by atoms with van der Waals surface area (Å²) < 4.78 is 15.3. The van der Waals surface area contributed by atoms with E-state index in [4.69, 9.17) is 19.7 Å². The first-order valence-electron chi connectivity index (χ1n) is 9.27. The molecule has 0 fully saturated rings. The third kappa shape index (κ3) is 9.51. The number of carbonyl (C=O) groups excluding carboxylic acids is 2. The second kappa shape index (κ2) is 14.1. The number of hydrogen-bond donors (Lipinski definition) is 2. The van der Waals surface area contributed by atoms with Gasteiger partial charge in [0.2, 0.25) is 0 Å². The van der Waals surface area contributed by atoms with E-state index in [1.165, 1.54) is 31.4 Å². The SMILES string of the molecule is COC(=O)c1ccc(C(=O)OCCOCCC(CCCO)CCCO)cc1. The predicted molar refractivity (Wildman–Crippen MR) is 99.6 cm³/mol. The van der Waals surface area contributed by atoms with Crippen molar-refractivity contribution in [1.29, 1.82) is 0 Å². The van der Waals surface area contributed by atoms with Crippen LogP contribution in [-0.2, 0) is 14.2 Å². The minimum absolute atomic E-state index is 0.148. The topological polar surface area (TPSA) is 102 Å². The van der Waals surface area contributed by atoms with Crippen LogP contribution in [0.2, 0.25) is 0 Å². The molecule has 0 aromatic heterocycles. The van der Waals surface area contributed by atoms with Gasteiger partial charge in [0.05, 0.1) is 24.8 Å². The summed E-state index contributed by atoms with van der Waals surface area (Å²) in [5, 5.41) is 17.9. The Bertz CT molecular complexity index is 534. The molecule has 0 heterocycles. The highest BCUT2D eigenvalue weighted by atomic mass is 16.6. The lowest BCUT2D eigenvalue weighted by atomic mass is 9.95. The van der Waals surface area contributed by atoms with E-state index in [2.05, 4.69) is 4.74 Å². The maximum atomic E-state index is 11.9. The Morgan fingerprint density at radius 3 is 1.93 bits per heavy atom. The molecule has 2 N–H and O–H groups in total. The molecule has 7 heteroatoms. The monoisotopic (exact) mass is 382 g/mol. The van der Waals surface area contributed by atoms with Crippen LogP contribution in [0.25, 0.3) is 0 Å². The van der Waals surface area contributed by atoms with Gasteiger partial charge in [-0.25, -0.2) is 9.59 Å². The van der Waals surface area contributed by atoms with E-state index in [1.54, 1.807) is 0 Å². The maximum Gasteiger partial charge on any atom is 0.338 e. The number of carbonyl (C=O) groups is 2. The van der Waals surface area contributed by atoms with E-state index in [0.717, 1.165) is 32.1 Å². The Kier molecular flexibility index (Phi) is 12.1. The fourth-order valence-corrected chi connectivity index (χ4v) is 2.68. The van der Waals surface area contributed by atoms with Crippen LogP contribution in [0.3, 0.4) is 0 Å². The van der Waals surface area contributed by atoms with Gasteiger partial charge in [-0.05, 0) is 62.3 Å². The molecule has 0 aliphatic carbocycles. The van der Waals surface area contributed by atoms with Gasteiger partial charge in [0.25, 0.3) is 0 Å². The fourth-order valence-electron chi connectivity index (χ4n) is 2.68. The van der Waals surface area contributed by atoms with Gasteiger partial charge in [0.1, 0.15) is 6.61 Å². The van der Waals surface area contributed by atoms with Gasteiger partial charge in [-0.1, -0.05) is 0 Å². The number of aliphatic hydroxyl groups excluding tert-OH is 2. The van der Waals surface area contributed by atoms with Crippen molar-refractivity contribution < 1.29 is 34.0 Å². The maximum absolute atomic E-state index is 11.9. The molecule has 0 saturated heterocycles. The van der Waals surface area contributed by atoms with Crippen LogP contribution in [-0.4, -0.2) is 62.3 Å². The van der Waals surface area contributed by atoms with Crippen LogP contribution in [0, 0.1) is 5.92 Å². The second-order valence-electron chi connectivity index (χ2n) is 6.20. The largest absolute Gasteiger partial charge is 0.465 e. The zero-order valence-corrected chi connectivity index (χ0v) is 15.9. The first-order chi connectivity index (χ1) is 13.1. The highest BCUT2D eigenvalue weighted by Crippen LogP contribution is 2.17. The van der Waals surface area contributed by atoms with Gasteiger partial charge >= 0.3 is 11.9 Å². The Balaban J connectivity index is 2.22. The number of ether oxygens (including phenoxy) is 3. The van der Waals surface area contributed by atoms with E-state index >= 15 is 0 Å². The van der Waals surface area contributed by atoms with Gasteiger partial charge in [-0.15, -0.1) is 0 Å². The number of benzene rings is 1. The average Bonchev–Trinajstić information content (AvgIpc) is 2.71. The standard InChI is InChI=1S/C20H30O7/c1-25-19(23)17-6-8-18(9-7-17)20(24)27-15-14-26-13-10-16(4-2-11-21)5-3-12-22/h6-9,16,21-22H,2-5,10-15H2,1H3. The molecule has 0 aliphatic heterocycles. The van der Waals surface area contributed by atoms with Crippen LogP contribution >= 0.6 is 0 Å². The Labute approximate surface area is 160 Å². The third-order valence-corrected chi connectivity index (χ3v) is 4.21. The minimum atomic E-state index is -0.473. The van der Waals surface area contributed by atoms with Gasteiger partial charge < -0.3 is 24.4 Å². The van der Waals surface area contributed by atoms with Gasteiger partial charge in [0.15, 0.2) is 0 Å². The molecule has 0 saturated carbocycles. The van der Waals surface area contributed by atoms with Crippen molar-refractivity contribution >= 4 is 11.9 Å². The van der Waals surface area contributed by atoms with Crippen LogP contribution in [0.4, 0.5) is 0 Å². The molecule has 0 amide bonds. The summed E-state index contributed by atoms with van der Waals surface area (Å²) in [7, 11) is 1.30. The third-order valence-electron chi connectivity index (χ3n) is 4.21. The van der Waals surface area contributed by atoms with Gasteiger partial charge in [-0.3, -0.25) is 0 Å². The normalized spacial score (nSPS) is 10.8. The number of hydrogen-bond acceptors (Lipinski definition) is 7. The van der Waals surface area contributed by atoms with Gasteiger partial charge in [-0.2, -0.15) is 0 Å². The molecule has 7 nitrogen and oxygen atoms in total. The van der Waals surface area contributed by atoms with E-state index in [9.17, 15) is 9.59 Å². The molecular weight excluding hydrogens is 352 g/mol. The molecule has 152 valence electrons. The Morgan fingerprint density at radius 1 is 0.852 bits per heavy atom. The molecule has 0 spiro atoms. The lowest BCUT2D eigenvalue weighted by molar-refractivity contribution is 0.0293. The van der Waals surface area contributed by atoms with Crippen LogP contribution in [0.5, 0.6) is 0 Å². The van der Waals surface area contributed by atoms with Crippen molar-refractivity contribution in [2.75, 3.05) is 40.1 Å². The van der Waals surface area contributed by atoms with Crippen molar-refractivity contribution in [3.8, 4) is 0 Å². The lowest BCUT2D eigenvalue weighted by Crippen LogP contribution is -2.13. The number of aliphatic hydroxyl groups is 2. The summed E-state index contributed by atoms with van der Waals surface area (Å²) in [5.41, 5.74) is 0.727. The van der Waals surface area contributed by atoms with Crippen molar-refractivity contribution in [2.45, 2.75) is 32.1 Å². The molecule has 0 radical (unpaired) electrons. The summed E-state index contributed by atoms with van der Waals surface area (Å²) in [5.74, 6) is -0.515. The predicted octanol–water partition coefficient (Wildman–Crippen LogP) is 2.20. The summed E-state index contributed by atoms with van der Waals surface area (Å²) in [6.45, 7) is 1.35. The second-order valence-corrected chi connectivity index (χ2v) is 6.20. The van der Waals surface area contributed by atoms with Crippen LogP contribution in [0.15, 0.2) is 24.3 Å². The summed E-state index contributed by atoms with van der Waals surface area (Å²) in [6.07, 6.45) is 4.18. The number of rotatable bonds is 14. The first-order valence-corrected chi connectivity index (χ1v) is 9.27. The van der Waals surface area contributed by atoms with Crippen molar-refractivity contribution in [2.24, 2.45) is 5.92 Å². The number of methoxy groups -OCH3 is 1. The summed E-state index contributed by atoms with van der Waals surface area (Å²) in [6, 6.07) is 6.06. The smallest absolute Gasteiger partial charge is 0.338 e. The molecule has 1 aromatic rings. The molecule has 1 rings (SSSR count). The van der Waals surface area contributed by atoms with Gasteiger partial charge in [0, 0.05) is 19.8 Å². The average molecular weight is 382 g/mol. The quantitative estimate of drug-likeness (QED) is 0.376. The van der Waals surface area contributed by atoms with E-state index in [1.807, 2.05) is 0 Å². The van der Waals surface area contributed by atoms with E-state index < -0.39 is 11.9 Å². The Morgan fingerprint density at radius 2 is 1.41 bits per heavy atom. The lowest BCUT2D eigenvalue weighted by Gasteiger charge is -2.16. The van der Waals surface area contributed by atoms with Crippen molar-refractivity contribution in [3.05, 3.63) is 35.4 Å². The fraction of sp³-hybridized carbons (Fsp3) is 0.600. The molecule has 0 unspecified atom stereocenters. The molecule has 0 bridgehead atoms. The number of esters is 2. The highest BCUT2D eigenvalue weighted by Gasteiger charge is 2.11. The van der Waals surface area contributed by atoms with Crippen LogP contribution < -0.4 is 0 Å². The minimum Gasteiger partial charge on any atom is -0.465 e. The first kappa shape index (κ1) is 23.1. The molecule has 27 heavy (non-hydrogen) atoms. The van der Waals surface area contributed by atoms with Crippen molar-refractivity contribution in [1.82, 2.24) is 0 Å². The van der Waals surface area contributed by atoms with Crippen LogP contribution in [0.1, 0.15) is 52.8 Å². The Hall–Kier alpha value is -1.96. The van der Waals surface area contributed by atoms with Crippen molar-refractivity contribution in [3.63, 3.8) is 0 Å². The molecule has 0 atom stereocenters. The molecule has 0 aliphatic rings. The summed E-state index contributed by atoms with van der Waals surface area (Å²) in [4.78, 5) is 23.3.